The van der Waals surface area contributed by atoms with E-state index in [1.807, 2.05) is 6.92 Å². The molecule has 54 heavy (non-hydrogen) atoms. The van der Waals surface area contributed by atoms with Gasteiger partial charge >= 0.3 is 12.1 Å². The number of esters is 1. The SMILES string of the molecule is C[C@@H](O)[C@H]1C(=O)N2C(C(=O)OCc3ccc([N+](=O)[O-])cc3)=C(S[C@H]3C[C@@H](CSc4cc(N)nc(N)n4)N(C(=O)OCc4ccc([N+](=O)[O-])cc4)C3)[C@H](C)[C@H]12. The number of ether oxygens (including phenoxy) is 2. The first-order valence-corrected chi connectivity index (χ1v) is 18.6. The van der Waals surface area contributed by atoms with E-state index in [0.29, 0.717) is 33.2 Å². The number of nitrogen functional groups attached to an aromatic ring is 2. The number of aliphatic hydroxyl groups excluding tert-OH is 1. The van der Waals surface area contributed by atoms with Crippen molar-refractivity contribution in [2.75, 3.05) is 23.8 Å². The zero-order valence-corrected chi connectivity index (χ0v) is 30.6. The number of nitrogens with zero attached hydrogens (tertiary/aromatic N) is 6. The number of carbonyl (C=O) groups is 3. The Morgan fingerprint density at radius 1 is 1.00 bits per heavy atom. The van der Waals surface area contributed by atoms with Crippen LogP contribution in [0.4, 0.5) is 27.9 Å². The van der Waals surface area contributed by atoms with Crippen molar-refractivity contribution in [3.8, 4) is 0 Å². The highest BCUT2D eigenvalue weighted by atomic mass is 32.2. The molecule has 0 unspecified atom stereocenters. The second-order valence-corrected chi connectivity index (χ2v) is 15.4. The van der Waals surface area contributed by atoms with E-state index in [4.69, 9.17) is 20.9 Å². The molecular formula is C34H36N8O10S2. The first-order chi connectivity index (χ1) is 25.7. The van der Waals surface area contributed by atoms with Crippen molar-refractivity contribution >= 4 is 64.6 Å². The number of nitrogens with two attached hydrogens (primary N) is 2. The fraction of sp³-hybridized carbons (Fsp3) is 0.382. The lowest BCUT2D eigenvalue weighted by molar-refractivity contribution is -0.385. The predicted octanol–water partition coefficient (Wildman–Crippen LogP) is 3.87. The Morgan fingerprint density at radius 3 is 2.15 bits per heavy atom. The van der Waals surface area contributed by atoms with E-state index in [1.165, 1.54) is 83.9 Å². The third-order valence-corrected chi connectivity index (χ3v) is 11.9. The molecule has 0 aliphatic carbocycles. The maximum Gasteiger partial charge on any atom is 0.410 e. The van der Waals surface area contributed by atoms with Crippen LogP contribution in [0, 0.1) is 32.1 Å². The Labute approximate surface area is 316 Å². The van der Waals surface area contributed by atoms with E-state index in [0.717, 1.165) is 0 Å². The molecular weight excluding hydrogens is 745 g/mol. The smallest absolute Gasteiger partial charge is 0.410 e. The van der Waals surface area contributed by atoms with Crippen molar-refractivity contribution < 1.29 is 38.8 Å². The van der Waals surface area contributed by atoms with Crippen LogP contribution in [0.1, 0.15) is 31.4 Å². The van der Waals surface area contributed by atoms with E-state index < -0.39 is 45.9 Å². The number of hydrogen-bond acceptors (Lipinski definition) is 16. The largest absolute Gasteiger partial charge is 0.456 e. The number of hydrogen-bond donors (Lipinski definition) is 3. The summed E-state index contributed by atoms with van der Waals surface area (Å²) >= 11 is 2.68. The van der Waals surface area contributed by atoms with E-state index in [-0.39, 0.29) is 65.8 Å². The number of aliphatic hydroxyl groups is 1. The van der Waals surface area contributed by atoms with Gasteiger partial charge in [-0.3, -0.25) is 25.0 Å². The number of aromatic nitrogens is 2. The summed E-state index contributed by atoms with van der Waals surface area (Å²) in [5.41, 5.74) is 12.6. The van der Waals surface area contributed by atoms with Gasteiger partial charge in [0.05, 0.1) is 27.9 Å². The summed E-state index contributed by atoms with van der Waals surface area (Å²) in [6, 6.07) is 11.9. The van der Waals surface area contributed by atoms with Gasteiger partial charge in [-0.1, -0.05) is 6.92 Å². The lowest BCUT2D eigenvalue weighted by Crippen LogP contribution is -2.63. The van der Waals surface area contributed by atoms with E-state index >= 15 is 0 Å². The molecule has 2 amide bonds. The molecule has 284 valence electrons. The predicted molar refractivity (Wildman–Crippen MR) is 196 cm³/mol. The number of carbonyl (C=O) groups excluding carboxylic acids is 3. The molecule has 20 heteroatoms. The van der Waals surface area contributed by atoms with Crippen molar-refractivity contribution in [2.24, 2.45) is 11.8 Å². The van der Waals surface area contributed by atoms with Crippen LogP contribution in [0.25, 0.3) is 0 Å². The molecule has 0 spiro atoms. The zero-order chi connectivity index (χ0) is 38.8. The monoisotopic (exact) mass is 780 g/mol. The van der Waals surface area contributed by atoms with Gasteiger partial charge in [0.1, 0.15) is 29.8 Å². The van der Waals surface area contributed by atoms with Crippen molar-refractivity contribution in [2.45, 2.75) is 61.9 Å². The number of benzene rings is 2. The van der Waals surface area contributed by atoms with Gasteiger partial charge in [0.2, 0.25) is 11.9 Å². The lowest BCUT2D eigenvalue weighted by atomic mass is 9.79. The lowest BCUT2D eigenvalue weighted by Gasteiger charge is -2.46. The van der Waals surface area contributed by atoms with Crippen LogP contribution in [0.15, 0.2) is 70.2 Å². The summed E-state index contributed by atoms with van der Waals surface area (Å²) in [5.74, 6) is -1.67. The van der Waals surface area contributed by atoms with Crippen LogP contribution in [0.5, 0.6) is 0 Å². The van der Waals surface area contributed by atoms with E-state index in [9.17, 15) is 39.7 Å². The second-order valence-electron chi connectivity index (χ2n) is 13.0. The minimum atomic E-state index is -0.957. The average Bonchev–Trinajstić information content (AvgIpc) is 3.64. The Balaban J connectivity index is 1.22. The van der Waals surface area contributed by atoms with Gasteiger partial charge in [0.15, 0.2) is 0 Å². The molecule has 6 rings (SSSR count). The Bertz CT molecular complexity index is 1980. The number of likely N-dealkylation sites (tertiary alicyclic amines) is 1. The molecule has 0 saturated carbocycles. The van der Waals surface area contributed by atoms with Crippen molar-refractivity contribution in [1.29, 1.82) is 0 Å². The topological polar surface area (TPSA) is 260 Å². The first kappa shape index (κ1) is 38.3. The highest BCUT2D eigenvalue weighted by Crippen LogP contribution is 2.52. The summed E-state index contributed by atoms with van der Waals surface area (Å²) in [6.07, 6.45) is -1.12. The zero-order valence-electron chi connectivity index (χ0n) is 29.0. The number of nitro benzene ring substituents is 2. The molecule has 3 aromatic rings. The van der Waals surface area contributed by atoms with Gasteiger partial charge in [0, 0.05) is 64.7 Å². The third-order valence-electron chi connectivity index (χ3n) is 9.40. The molecule has 4 heterocycles. The molecule has 2 fully saturated rings. The van der Waals surface area contributed by atoms with Crippen LogP contribution in [-0.4, -0.2) is 88.4 Å². The summed E-state index contributed by atoms with van der Waals surface area (Å²) in [5, 5.41) is 32.8. The quantitative estimate of drug-likeness (QED) is 0.0555. The number of non-ortho nitro benzene ring substituents is 2. The second kappa shape index (κ2) is 15.9. The van der Waals surface area contributed by atoms with Crippen molar-refractivity contribution in [1.82, 2.24) is 19.8 Å². The Hall–Kier alpha value is -5.47. The van der Waals surface area contributed by atoms with Crippen molar-refractivity contribution in [3.63, 3.8) is 0 Å². The molecule has 2 saturated heterocycles. The van der Waals surface area contributed by atoms with Crippen LogP contribution in [0.3, 0.4) is 0 Å². The van der Waals surface area contributed by atoms with Gasteiger partial charge < -0.3 is 35.8 Å². The highest BCUT2D eigenvalue weighted by molar-refractivity contribution is 8.03. The number of nitro groups is 2. The minimum Gasteiger partial charge on any atom is -0.456 e. The summed E-state index contributed by atoms with van der Waals surface area (Å²) < 4.78 is 11.3. The number of anilines is 2. The molecule has 3 aliphatic heterocycles. The van der Waals surface area contributed by atoms with Crippen molar-refractivity contribution in [3.05, 3.63) is 96.6 Å². The minimum absolute atomic E-state index is 0.00143. The normalized spacial score (nSPS) is 22.4. The fourth-order valence-corrected chi connectivity index (χ4v) is 9.38. The molecule has 18 nitrogen and oxygen atoms in total. The van der Waals surface area contributed by atoms with Crippen LogP contribution >= 0.6 is 23.5 Å². The Morgan fingerprint density at radius 2 is 1.59 bits per heavy atom. The molecule has 0 bridgehead atoms. The molecule has 0 radical (unpaired) electrons. The number of rotatable bonds is 13. The number of thioether (sulfide) groups is 2. The molecule has 1 aromatic heterocycles. The van der Waals surface area contributed by atoms with Gasteiger partial charge in [-0.05, 0) is 48.7 Å². The average molecular weight is 781 g/mol. The van der Waals surface area contributed by atoms with Crippen LogP contribution in [-0.2, 0) is 32.3 Å². The van der Waals surface area contributed by atoms with E-state index in [1.54, 1.807) is 11.0 Å². The summed E-state index contributed by atoms with van der Waals surface area (Å²) in [4.78, 5) is 73.4. The molecule has 3 aliphatic rings. The maximum atomic E-state index is 13.7. The summed E-state index contributed by atoms with van der Waals surface area (Å²) in [6.45, 7) is 3.29. The van der Waals surface area contributed by atoms with Crippen LogP contribution < -0.4 is 11.5 Å². The molecule has 5 N–H and O–H groups in total. The Kier molecular flexibility index (Phi) is 11.2. The van der Waals surface area contributed by atoms with E-state index in [2.05, 4.69) is 9.97 Å². The van der Waals surface area contributed by atoms with Gasteiger partial charge in [-0.15, -0.1) is 23.5 Å². The third kappa shape index (κ3) is 8.04. The van der Waals surface area contributed by atoms with Gasteiger partial charge in [-0.25, -0.2) is 14.6 Å². The molecule has 2 aromatic carbocycles. The first-order valence-electron chi connectivity index (χ1n) is 16.7. The molecule has 6 atom stereocenters. The van der Waals surface area contributed by atoms with Crippen LogP contribution in [0.2, 0.25) is 0 Å². The van der Waals surface area contributed by atoms with Gasteiger partial charge in [-0.2, -0.15) is 4.98 Å². The summed E-state index contributed by atoms with van der Waals surface area (Å²) in [7, 11) is 0. The highest BCUT2D eigenvalue weighted by Gasteiger charge is 2.60. The number of fused-ring (bicyclic) bond motifs is 1. The number of β-lactam (4-membered cyclic amide) rings is 1. The number of amides is 2. The standard InChI is InChI=1S/C34H36N8O10S2/c1-17-28-27(18(2)43)31(44)40(28)29(32(45)51-14-19-3-7-21(8-4-19)41(47)48)30(17)54-24-11-23(16-53-26-12-25(35)37-33(36)38-26)39(13-24)34(46)52-15-20-5-9-22(10-6-20)42(49)50/h3-10,12,17-18,23-24,27-28,43H,11,13-16H2,1-2H3,(H4,35,36,37,38)/t17-,18-,23+,24+,27-,28-/m1/s1. The van der Waals surface area contributed by atoms with Gasteiger partial charge in [0.25, 0.3) is 11.4 Å². The maximum absolute atomic E-state index is 13.7. The fourth-order valence-electron chi connectivity index (χ4n) is 6.78.